The van der Waals surface area contributed by atoms with Gasteiger partial charge in [0.05, 0.1) is 23.2 Å². The summed E-state index contributed by atoms with van der Waals surface area (Å²) in [6.07, 6.45) is 1.95. The van der Waals surface area contributed by atoms with E-state index in [1.807, 2.05) is 31.1 Å². The number of carbonyl (C=O) groups excluding carboxylic acids is 1. The largest absolute Gasteiger partial charge is 0.493 e. The van der Waals surface area contributed by atoms with E-state index in [9.17, 15) is 13.2 Å². The molecule has 0 spiro atoms. The first kappa shape index (κ1) is 19.2. The highest BCUT2D eigenvalue weighted by Crippen LogP contribution is 2.37. The molecular formula is C19H28N2O4S. The lowest BCUT2D eigenvalue weighted by atomic mass is 10.00. The fourth-order valence-electron chi connectivity index (χ4n) is 4.00. The summed E-state index contributed by atoms with van der Waals surface area (Å²) < 4.78 is 30.8. The number of para-hydroxylation sites is 1. The van der Waals surface area contributed by atoms with Crippen molar-refractivity contribution in [3.05, 3.63) is 29.8 Å². The van der Waals surface area contributed by atoms with Crippen molar-refractivity contribution in [2.24, 2.45) is 5.92 Å². The van der Waals surface area contributed by atoms with Crippen LogP contribution in [0.15, 0.2) is 24.3 Å². The van der Waals surface area contributed by atoms with E-state index in [-0.39, 0.29) is 30.2 Å². The van der Waals surface area contributed by atoms with Gasteiger partial charge in [-0.25, -0.2) is 8.42 Å². The van der Waals surface area contributed by atoms with Gasteiger partial charge in [0.15, 0.2) is 9.84 Å². The SMILES string of the molecule is CCCCOc1ccccc1C(=O)N1C[C@H]2[C@H](N(C)C)CS(=O)(=O)[C@H]2C1. The zero-order chi connectivity index (χ0) is 18.9. The lowest BCUT2D eigenvalue weighted by Crippen LogP contribution is -2.38. The summed E-state index contributed by atoms with van der Waals surface area (Å²) in [6.45, 7) is 3.42. The second-order valence-electron chi connectivity index (χ2n) is 7.47. The van der Waals surface area contributed by atoms with Crippen LogP contribution in [-0.2, 0) is 9.84 Å². The van der Waals surface area contributed by atoms with Crippen molar-refractivity contribution < 1.29 is 17.9 Å². The van der Waals surface area contributed by atoms with Crippen LogP contribution in [0.1, 0.15) is 30.1 Å². The van der Waals surface area contributed by atoms with Crippen LogP contribution in [0.4, 0.5) is 0 Å². The molecule has 3 rings (SSSR count). The van der Waals surface area contributed by atoms with E-state index in [1.165, 1.54) is 0 Å². The van der Waals surface area contributed by atoms with E-state index in [1.54, 1.807) is 17.0 Å². The Bertz CT molecular complexity index is 763. The number of sulfone groups is 1. The monoisotopic (exact) mass is 380 g/mol. The number of benzene rings is 1. The van der Waals surface area contributed by atoms with E-state index in [4.69, 9.17) is 4.74 Å². The Morgan fingerprint density at radius 2 is 2.00 bits per heavy atom. The zero-order valence-electron chi connectivity index (χ0n) is 15.7. The molecule has 0 saturated carbocycles. The minimum atomic E-state index is -3.16. The van der Waals surface area contributed by atoms with Crippen LogP contribution in [-0.4, -0.2) is 75.0 Å². The maximum Gasteiger partial charge on any atom is 0.257 e. The Hall–Kier alpha value is -1.60. The van der Waals surface area contributed by atoms with Gasteiger partial charge in [0.25, 0.3) is 5.91 Å². The number of amides is 1. The first-order chi connectivity index (χ1) is 12.3. The molecule has 0 radical (unpaired) electrons. The van der Waals surface area contributed by atoms with Crippen molar-refractivity contribution in [3.63, 3.8) is 0 Å². The van der Waals surface area contributed by atoms with Gasteiger partial charge in [0.1, 0.15) is 5.75 Å². The third kappa shape index (κ3) is 3.60. The molecule has 0 N–H and O–H groups in total. The van der Waals surface area contributed by atoms with E-state index in [0.29, 0.717) is 24.5 Å². The maximum atomic E-state index is 13.1. The molecule has 2 aliphatic rings. The minimum Gasteiger partial charge on any atom is -0.493 e. The average Bonchev–Trinajstić information content (AvgIpc) is 3.14. The molecule has 0 aromatic heterocycles. The molecule has 0 bridgehead atoms. The molecule has 144 valence electrons. The molecule has 3 atom stereocenters. The van der Waals surface area contributed by atoms with Crippen molar-refractivity contribution in [2.75, 3.05) is 39.5 Å². The standard InChI is InChI=1S/C19H28N2O4S/c1-4-5-10-25-17-9-7-6-8-14(17)19(22)21-11-15-16(20(2)3)13-26(23,24)18(15)12-21/h6-9,15-16,18H,4-5,10-13H2,1-3H3/t15-,16+,18-/m0/s1. The lowest BCUT2D eigenvalue weighted by Gasteiger charge is -2.25. The summed E-state index contributed by atoms with van der Waals surface area (Å²) in [6, 6.07) is 7.20. The van der Waals surface area contributed by atoms with Gasteiger partial charge in [-0.1, -0.05) is 25.5 Å². The first-order valence-electron chi connectivity index (χ1n) is 9.24. The van der Waals surface area contributed by atoms with E-state index >= 15 is 0 Å². The molecule has 2 fully saturated rings. The van der Waals surface area contributed by atoms with Gasteiger partial charge in [-0.05, 0) is 32.6 Å². The van der Waals surface area contributed by atoms with Gasteiger partial charge < -0.3 is 14.5 Å². The summed E-state index contributed by atoms with van der Waals surface area (Å²) in [7, 11) is 0.652. The van der Waals surface area contributed by atoms with Crippen LogP contribution in [0.25, 0.3) is 0 Å². The normalized spacial score (nSPS) is 26.9. The summed E-state index contributed by atoms with van der Waals surface area (Å²) in [4.78, 5) is 16.7. The van der Waals surface area contributed by atoms with Crippen LogP contribution in [0, 0.1) is 5.92 Å². The Labute approximate surface area is 156 Å². The second kappa shape index (κ2) is 7.56. The Morgan fingerprint density at radius 1 is 1.27 bits per heavy atom. The van der Waals surface area contributed by atoms with Gasteiger partial charge in [0, 0.05) is 25.0 Å². The molecule has 0 unspecified atom stereocenters. The molecule has 26 heavy (non-hydrogen) atoms. The lowest BCUT2D eigenvalue weighted by molar-refractivity contribution is 0.0775. The molecule has 6 nitrogen and oxygen atoms in total. The Kier molecular flexibility index (Phi) is 5.58. The van der Waals surface area contributed by atoms with Gasteiger partial charge in [-0.2, -0.15) is 0 Å². The highest BCUT2D eigenvalue weighted by atomic mass is 32.2. The minimum absolute atomic E-state index is 0.0212. The van der Waals surface area contributed by atoms with Gasteiger partial charge in [-0.3, -0.25) is 4.79 Å². The topological polar surface area (TPSA) is 66.9 Å². The van der Waals surface area contributed by atoms with Crippen LogP contribution >= 0.6 is 0 Å². The van der Waals surface area contributed by atoms with Crippen molar-refractivity contribution in [3.8, 4) is 5.75 Å². The summed E-state index contributed by atoms with van der Waals surface area (Å²) in [5.41, 5.74) is 0.516. The smallest absolute Gasteiger partial charge is 0.257 e. The molecule has 1 aromatic rings. The second-order valence-corrected chi connectivity index (χ2v) is 9.74. The molecular weight excluding hydrogens is 352 g/mol. The van der Waals surface area contributed by atoms with Crippen molar-refractivity contribution in [1.29, 1.82) is 0 Å². The molecule has 2 heterocycles. The molecule has 1 amide bonds. The predicted molar refractivity (Wildman–Crippen MR) is 101 cm³/mol. The Morgan fingerprint density at radius 3 is 2.69 bits per heavy atom. The zero-order valence-corrected chi connectivity index (χ0v) is 16.5. The van der Waals surface area contributed by atoms with Crippen LogP contribution < -0.4 is 4.74 Å². The predicted octanol–water partition coefficient (Wildman–Crippen LogP) is 1.66. The molecule has 7 heteroatoms. The van der Waals surface area contributed by atoms with Gasteiger partial charge in [0.2, 0.25) is 0 Å². The molecule has 1 aromatic carbocycles. The van der Waals surface area contributed by atoms with Crippen LogP contribution in [0.2, 0.25) is 0 Å². The van der Waals surface area contributed by atoms with E-state index < -0.39 is 15.1 Å². The third-order valence-electron chi connectivity index (χ3n) is 5.49. The Balaban J connectivity index is 1.78. The number of nitrogens with zero attached hydrogens (tertiary/aromatic N) is 2. The van der Waals surface area contributed by atoms with E-state index in [0.717, 1.165) is 12.8 Å². The van der Waals surface area contributed by atoms with E-state index in [2.05, 4.69) is 6.92 Å². The third-order valence-corrected chi connectivity index (χ3v) is 7.72. The number of hydrogen-bond donors (Lipinski definition) is 0. The highest BCUT2D eigenvalue weighted by molar-refractivity contribution is 7.92. The van der Waals surface area contributed by atoms with Gasteiger partial charge >= 0.3 is 0 Å². The number of hydrogen-bond acceptors (Lipinski definition) is 5. The van der Waals surface area contributed by atoms with Gasteiger partial charge in [-0.15, -0.1) is 0 Å². The van der Waals surface area contributed by atoms with Crippen LogP contribution in [0.5, 0.6) is 5.75 Å². The number of ether oxygens (including phenoxy) is 1. The average molecular weight is 381 g/mol. The summed E-state index contributed by atoms with van der Waals surface area (Å²) >= 11 is 0. The highest BCUT2D eigenvalue weighted by Gasteiger charge is 2.53. The molecule has 0 aliphatic carbocycles. The van der Waals surface area contributed by atoms with Crippen molar-refractivity contribution in [1.82, 2.24) is 9.80 Å². The molecule has 2 saturated heterocycles. The number of fused-ring (bicyclic) bond motifs is 1. The number of unbranched alkanes of at least 4 members (excludes halogenated alkanes) is 1. The summed E-state index contributed by atoms with van der Waals surface area (Å²) in [5, 5.41) is -0.452. The maximum absolute atomic E-state index is 13.1. The van der Waals surface area contributed by atoms with Crippen LogP contribution in [0.3, 0.4) is 0 Å². The number of likely N-dealkylation sites (tertiary alicyclic amines) is 1. The quantitative estimate of drug-likeness (QED) is 0.702. The van der Waals surface area contributed by atoms with Crippen molar-refractivity contribution in [2.45, 2.75) is 31.1 Å². The molecule has 2 aliphatic heterocycles. The van der Waals surface area contributed by atoms with Crippen molar-refractivity contribution >= 4 is 15.7 Å². The fraction of sp³-hybridized carbons (Fsp3) is 0.632. The summed E-state index contributed by atoms with van der Waals surface area (Å²) in [5.74, 6) is 0.606. The number of carbonyl (C=O) groups is 1. The number of rotatable bonds is 6. The first-order valence-corrected chi connectivity index (χ1v) is 11.0. The fourth-order valence-corrected chi connectivity index (χ4v) is 6.47.